The molecule has 2 bridgehead atoms. The lowest BCUT2D eigenvalue weighted by Crippen LogP contribution is -2.23. The van der Waals surface area contributed by atoms with E-state index in [0.717, 1.165) is 17.2 Å². The summed E-state index contributed by atoms with van der Waals surface area (Å²) in [6.45, 7) is -0.297. The Morgan fingerprint density at radius 1 is 1.19 bits per heavy atom. The Morgan fingerprint density at radius 2 is 2.00 bits per heavy atom. The average Bonchev–Trinajstić information content (AvgIpc) is 3.22. The first kappa shape index (κ1) is 18.8. The molecule has 6 nitrogen and oxygen atoms in total. The molecule has 3 atom stereocenters. The maximum atomic E-state index is 12.1. The van der Waals surface area contributed by atoms with Gasteiger partial charge in [-0.2, -0.15) is 0 Å². The Hall–Kier alpha value is -2.02. The maximum absolute atomic E-state index is 12.1. The number of rotatable bonds is 8. The summed E-state index contributed by atoms with van der Waals surface area (Å²) in [5, 5.41) is 2.72. The topological polar surface area (TPSA) is 98.5 Å². The first-order valence-electron chi connectivity index (χ1n) is 8.97. The van der Waals surface area contributed by atoms with Crippen LogP contribution in [0.1, 0.15) is 32.1 Å². The van der Waals surface area contributed by atoms with Crippen LogP contribution in [0.25, 0.3) is 0 Å². The molecular formula is C19H24N2O4S. The summed E-state index contributed by atoms with van der Waals surface area (Å²) < 4.78 is 5.15. The molecule has 2 saturated carbocycles. The molecule has 0 heterocycles. The molecule has 7 heteroatoms. The number of anilines is 1. The third-order valence-electron chi connectivity index (χ3n) is 5.21. The van der Waals surface area contributed by atoms with Crippen molar-refractivity contribution >= 4 is 35.2 Å². The fourth-order valence-corrected chi connectivity index (χ4v) is 4.82. The standard InChI is InChI=1S/C19H24N2O4S/c20-17(22)11-26-16-4-2-1-3-15(16)21-18(23)10-25-19(24)9-14-8-12-5-6-13(14)7-12/h1-4,12-14H,5-11H2,(H2,20,22)(H,21,23)/t12-,13+,14-/m0/s1. The first-order valence-corrected chi connectivity index (χ1v) is 9.95. The van der Waals surface area contributed by atoms with E-state index < -0.39 is 11.8 Å². The van der Waals surface area contributed by atoms with Crippen LogP contribution in [0.15, 0.2) is 29.2 Å². The molecule has 2 fully saturated rings. The van der Waals surface area contributed by atoms with Gasteiger partial charge in [-0.25, -0.2) is 0 Å². The highest BCUT2D eigenvalue weighted by Crippen LogP contribution is 2.49. The van der Waals surface area contributed by atoms with Crippen LogP contribution < -0.4 is 11.1 Å². The molecule has 0 unspecified atom stereocenters. The summed E-state index contributed by atoms with van der Waals surface area (Å²) in [5.74, 6) is 0.894. The van der Waals surface area contributed by atoms with Crippen LogP contribution in [0.5, 0.6) is 0 Å². The zero-order valence-corrected chi connectivity index (χ0v) is 15.4. The Bertz CT molecular complexity index is 694. The van der Waals surface area contributed by atoms with Crippen molar-refractivity contribution in [1.82, 2.24) is 0 Å². The van der Waals surface area contributed by atoms with Crippen molar-refractivity contribution < 1.29 is 19.1 Å². The summed E-state index contributed by atoms with van der Waals surface area (Å²) >= 11 is 1.25. The van der Waals surface area contributed by atoms with Crippen molar-refractivity contribution in [2.45, 2.75) is 37.0 Å². The van der Waals surface area contributed by atoms with E-state index in [1.807, 2.05) is 6.07 Å². The van der Waals surface area contributed by atoms with E-state index in [2.05, 4.69) is 5.32 Å². The molecule has 26 heavy (non-hydrogen) atoms. The number of carbonyl (C=O) groups is 3. The molecule has 3 rings (SSSR count). The second kappa shape index (κ2) is 8.58. The van der Waals surface area contributed by atoms with Gasteiger partial charge in [0, 0.05) is 11.3 Å². The Labute approximate surface area is 157 Å². The predicted molar refractivity (Wildman–Crippen MR) is 99.5 cm³/mol. The lowest BCUT2D eigenvalue weighted by Gasteiger charge is -2.20. The molecule has 2 aliphatic carbocycles. The van der Waals surface area contributed by atoms with Gasteiger partial charge in [-0.05, 0) is 49.1 Å². The lowest BCUT2D eigenvalue weighted by atomic mass is 9.86. The van der Waals surface area contributed by atoms with Gasteiger partial charge in [-0.1, -0.05) is 18.6 Å². The highest BCUT2D eigenvalue weighted by molar-refractivity contribution is 8.00. The zero-order chi connectivity index (χ0) is 18.5. The van der Waals surface area contributed by atoms with Crippen LogP contribution in [-0.2, 0) is 19.1 Å². The number of fused-ring (bicyclic) bond motifs is 2. The van der Waals surface area contributed by atoms with Crippen LogP contribution in [0, 0.1) is 17.8 Å². The van der Waals surface area contributed by atoms with Gasteiger partial charge in [0.1, 0.15) is 0 Å². The third-order valence-corrected chi connectivity index (χ3v) is 6.30. The van der Waals surface area contributed by atoms with Crippen LogP contribution in [0.4, 0.5) is 5.69 Å². The second-order valence-electron chi connectivity index (χ2n) is 7.10. The Morgan fingerprint density at radius 3 is 2.69 bits per heavy atom. The van der Waals surface area contributed by atoms with Gasteiger partial charge in [0.25, 0.3) is 5.91 Å². The van der Waals surface area contributed by atoms with Gasteiger partial charge in [0.15, 0.2) is 6.61 Å². The van der Waals surface area contributed by atoms with Crippen molar-refractivity contribution in [3.8, 4) is 0 Å². The zero-order valence-electron chi connectivity index (χ0n) is 14.6. The van der Waals surface area contributed by atoms with E-state index in [9.17, 15) is 14.4 Å². The number of esters is 1. The summed E-state index contributed by atoms with van der Waals surface area (Å²) in [6.07, 6.45) is 5.31. The maximum Gasteiger partial charge on any atom is 0.306 e. The van der Waals surface area contributed by atoms with E-state index in [1.165, 1.54) is 31.0 Å². The average molecular weight is 376 g/mol. The molecule has 0 aromatic heterocycles. The summed E-state index contributed by atoms with van der Waals surface area (Å²) in [4.78, 5) is 35.8. The van der Waals surface area contributed by atoms with Crippen molar-refractivity contribution in [2.24, 2.45) is 23.5 Å². The van der Waals surface area contributed by atoms with E-state index in [4.69, 9.17) is 10.5 Å². The van der Waals surface area contributed by atoms with Crippen molar-refractivity contribution in [3.05, 3.63) is 24.3 Å². The van der Waals surface area contributed by atoms with Crippen LogP contribution >= 0.6 is 11.8 Å². The molecule has 1 aromatic rings. The molecule has 140 valence electrons. The number of ether oxygens (including phenoxy) is 1. The van der Waals surface area contributed by atoms with Gasteiger partial charge in [-0.15, -0.1) is 11.8 Å². The molecular weight excluding hydrogens is 352 g/mol. The molecule has 0 spiro atoms. The molecule has 1 aromatic carbocycles. The number of nitrogens with one attached hydrogen (secondary N) is 1. The second-order valence-corrected chi connectivity index (χ2v) is 8.12. The largest absolute Gasteiger partial charge is 0.456 e. The Kier molecular flexibility index (Phi) is 6.19. The number of nitrogens with two attached hydrogens (primary N) is 1. The minimum absolute atomic E-state index is 0.130. The molecule has 2 amide bonds. The van der Waals surface area contributed by atoms with Crippen molar-refractivity contribution in [3.63, 3.8) is 0 Å². The number of hydrogen-bond acceptors (Lipinski definition) is 5. The highest BCUT2D eigenvalue weighted by Gasteiger charge is 2.40. The number of thioether (sulfide) groups is 1. The fraction of sp³-hybridized carbons (Fsp3) is 0.526. The van der Waals surface area contributed by atoms with Gasteiger partial charge in [-0.3, -0.25) is 14.4 Å². The van der Waals surface area contributed by atoms with Gasteiger partial charge >= 0.3 is 5.97 Å². The molecule has 3 N–H and O–H groups in total. The van der Waals surface area contributed by atoms with Crippen molar-refractivity contribution in [2.75, 3.05) is 17.7 Å². The van der Waals surface area contributed by atoms with E-state index in [1.54, 1.807) is 18.2 Å². The number of primary amides is 1. The first-order chi connectivity index (χ1) is 12.5. The molecule has 0 aliphatic heterocycles. The SMILES string of the molecule is NC(=O)CSc1ccccc1NC(=O)COC(=O)C[C@@H]1C[C@H]2CC[C@@H]1C2. The predicted octanol–water partition coefficient (Wildman–Crippen LogP) is 2.57. The number of amides is 2. The number of carbonyl (C=O) groups excluding carboxylic acids is 3. The lowest BCUT2D eigenvalue weighted by molar-refractivity contribution is -0.148. The fourth-order valence-electron chi connectivity index (χ4n) is 4.08. The molecule has 0 radical (unpaired) electrons. The highest BCUT2D eigenvalue weighted by atomic mass is 32.2. The number of hydrogen-bond donors (Lipinski definition) is 2. The van der Waals surface area contributed by atoms with E-state index >= 15 is 0 Å². The van der Waals surface area contributed by atoms with E-state index in [-0.39, 0.29) is 18.3 Å². The molecule has 0 saturated heterocycles. The van der Waals surface area contributed by atoms with E-state index in [0.29, 0.717) is 23.9 Å². The summed E-state index contributed by atoms with van der Waals surface area (Å²) in [5.41, 5.74) is 5.73. The Balaban J connectivity index is 1.44. The van der Waals surface area contributed by atoms with Crippen molar-refractivity contribution in [1.29, 1.82) is 0 Å². The van der Waals surface area contributed by atoms with Crippen LogP contribution in [0.2, 0.25) is 0 Å². The monoisotopic (exact) mass is 376 g/mol. The smallest absolute Gasteiger partial charge is 0.306 e. The molecule has 2 aliphatic rings. The number of benzene rings is 1. The number of para-hydroxylation sites is 1. The van der Waals surface area contributed by atoms with Crippen LogP contribution in [0.3, 0.4) is 0 Å². The summed E-state index contributed by atoms with van der Waals surface area (Å²) in [7, 11) is 0. The van der Waals surface area contributed by atoms with Crippen LogP contribution in [-0.4, -0.2) is 30.1 Å². The third kappa shape index (κ3) is 5.00. The minimum Gasteiger partial charge on any atom is -0.456 e. The summed E-state index contributed by atoms with van der Waals surface area (Å²) in [6, 6.07) is 7.13. The quantitative estimate of drug-likeness (QED) is 0.537. The minimum atomic E-state index is -0.425. The van der Waals surface area contributed by atoms with Gasteiger partial charge in [0.2, 0.25) is 5.91 Å². The van der Waals surface area contributed by atoms with Gasteiger partial charge < -0.3 is 15.8 Å². The van der Waals surface area contributed by atoms with Gasteiger partial charge in [0.05, 0.1) is 11.4 Å². The normalized spacial score (nSPS) is 23.6.